The van der Waals surface area contributed by atoms with Crippen LogP contribution in [0.15, 0.2) is 30.5 Å². The molecule has 0 bridgehead atoms. The summed E-state index contributed by atoms with van der Waals surface area (Å²) in [7, 11) is 4.26. The fourth-order valence-electron chi connectivity index (χ4n) is 5.37. The van der Waals surface area contributed by atoms with E-state index in [-0.39, 0.29) is 12.1 Å². The molecule has 0 amide bonds. The molecule has 5 nitrogen and oxygen atoms in total. The van der Waals surface area contributed by atoms with E-state index in [4.69, 9.17) is 12.2 Å². The molecule has 2 unspecified atom stereocenters. The highest BCUT2D eigenvalue weighted by molar-refractivity contribution is 7.80. The highest BCUT2D eigenvalue weighted by atomic mass is 32.1. The molecule has 30 heavy (non-hydrogen) atoms. The van der Waals surface area contributed by atoms with E-state index in [2.05, 4.69) is 70.8 Å². The summed E-state index contributed by atoms with van der Waals surface area (Å²) >= 11 is 5.83. The molecule has 2 atom stereocenters. The molecule has 3 heterocycles. The van der Waals surface area contributed by atoms with Crippen molar-refractivity contribution in [3.8, 4) is 0 Å². The molecular weight excluding hydrogens is 390 g/mol. The van der Waals surface area contributed by atoms with Crippen molar-refractivity contribution < 1.29 is 0 Å². The van der Waals surface area contributed by atoms with E-state index in [0.29, 0.717) is 6.04 Å². The quantitative estimate of drug-likeness (QED) is 0.659. The molecule has 0 spiro atoms. The highest BCUT2D eigenvalue weighted by Gasteiger charge is 2.41. The minimum Gasteiger partial charge on any atom is -0.352 e. The van der Waals surface area contributed by atoms with Crippen molar-refractivity contribution in [2.75, 3.05) is 27.2 Å². The normalized spacial score (nSPS) is 22.3. The number of nitrogens with zero attached hydrogens (tertiary/aromatic N) is 4. The zero-order chi connectivity index (χ0) is 21.3. The first-order valence-corrected chi connectivity index (χ1v) is 11.7. The minimum atomic E-state index is 0.0792. The van der Waals surface area contributed by atoms with Gasteiger partial charge in [0, 0.05) is 30.2 Å². The van der Waals surface area contributed by atoms with Crippen molar-refractivity contribution in [3.05, 3.63) is 53.1 Å². The second kappa shape index (κ2) is 9.06. The van der Waals surface area contributed by atoms with Gasteiger partial charge in [0.2, 0.25) is 0 Å². The maximum atomic E-state index is 5.83. The zero-order valence-electron chi connectivity index (χ0n) is 18.8. The summed E-state index contributed by atoms with van der Waals surface area (Å²) in [4.78, 5) is 9.33. The minimum absolute atomic E-state index is 0.0792. The Labute approximate surface area is 186 Å². The number of rotatable bonds is 7. The molecule has 2 aromatic heterocycles. The van der Waals surface area contributed by atoms with Gasteiger partial charge in [-0.3, -0.25) is 4.98 Å². The Hall–Kier alpha value is -1.92. The maximum absolute atomic E-state index is 5.83. The lowest BCUT2D eigenvalue weighted by Crippen LogP contribution is -2.32. The highest BCUT2D eigenvalue weighted by Crippen LogP contribution is 2.42. The largest absolute Gasteiger partial charge is 0.352 e. The Kier molecular flexibility index (Phi) is 6.44. The average Bonchev–Trinajstić information content (AvgIpc) is 3.41. The molecule has 4 rings (SSSR count). The zero-order valence-corrected chi connectivity index (χ0v) is 19.6. The van der Waals surface area contributed by atoms with E-state index in [1.807, 2.05) is 12.3 Å². The van der Waals surface area contributed by atoms with E-state index in [1.165, 1.54) is 42.6 Å². The summed E-state index contributed by atoms with van der Waals surface area (Å²) in [6, 6.07) is 9.48. The van der Waals surface area contributed by atoms with Gasteiger partial charge < -0.3 is 19.7 Å². The van der Waals surface area contributed by atoms with Gasteiger partial charge in [-0.05, 0) is 89.7 Å². The monoisotopic (exact) mass is 425 g/mol. The first-order valence-electron chi connectivity index (χ1n) is 11.3. The maximum Gasteiger partial charge on any atom is 0.170 e. The summed E-state index contributed by atoms with van der Waals surface area (Å²) in [6.45, 7) is 6.57. The van der Waals surface area contributed by atoms with Crippen molar-refractivity contribution >= 4 is 17.3 Å². The van der Waals surface area contributed by atoms with E-state index in [9.17, 15) is 0 Å². The fraction of sp³-hybridized carbons (Fsp3) is 0.583. The van der Waals surface area contributed by atoms with Crippen LogP contribution in [0.3, 0.4) is 0 Å². The molecule has 1 saturated carbocycles. The standard InChI is InChI=1S/C24H35N5S/c1-17-16-20(18(2)29(17)19-10-5-6-11-19)23-22(21-12-7-8-13-25-21)26-24(30)28(23)15-9-14-27(3)4/h7-8,12-13,16,19,22-23H,5-6,9-11,14-15H2,1-4H3,(H,26,30). The molecule has 6 heteroatoms. The number of aromatic nitrogens is 2. The molecule has 1 aliphatic carbocycles. The first-order chi connectivity index (χ1) is 14.5. The number of hydrogen-bond acceptors (Lipinski definition) is 3. The SMILES string of the molecule is Cc1cc(C2C(c3ccccn3)NC(=S)N2CCCN(C)C)c(C)n1C1CCCC1. The molecule has 162 valence electrons. The molecule has 1 N–H and O–H groups in total. The summed E-state index contributed by atoms with van der Waals surface area (Å²) in [5.74, 6) is 0. The van der Waals surface area contributed by atoms with Gasteiger partial charge in [-0.25, -0.2) is 0 Å². The molecule has 0 radical (unpaired) electrons. The van der Waals surface area contributed by atoms with E-state index < -0.39 is 0 Å². The lowest BCUT2D eigenvalue weighted by atomic mass is 9.96. The van der Waals surface area contributed by atoms with Crippen molar-refractivity contribution in [2.45, 2.75) is 64.1 Å². The summed E-state index contributed by atoms with van der Waals surface area (Å²) < 4.78 is 2.59. The Morgan fingerprint density at radius 1 is 1.20 bits per heavy atom. The molecule has 2 fully saturated rings. The summed E-state index contributed by atoms with van der Waals surface area (Å²) in [6.07, 6.45) is 8.26. The van der Waals surface area contributed by atoms with E-state index >= 15 is 0 Å². The van der Waals surface area contributed by atoms with Crippen LogP contribution in [0.25, 0.3) is 0 Å². The summed E-state index contributed by atoms with van der Waals surface area (Å²) in [5.41, 5.74) is 5.23. The van der Waals surface area contributed by atoms with Gasteiger partial charge in [0.1, 0.15) is 0 Å². The fourth-order valence-corrected chi connectivity index (χ4v) is 5.70. The number of aryl methyl sites for hydroxylation is 1. The second-order valence-electron chi connectivity index (χ2n) is 9.11. The van der Waals surface area contributed by atoms with Crippen LogP contribution >= 0.6 is 12.2 Å². The van der Waals surface area contributed by atoms with Crippen LogP contribution in [0, 0.1) is 13.8 Å². The second-order valence-corrected chi connectivity index (χ2v) is 9.50. The molecule has 1 saturated heterocycles. The van der Waals surface area contributed by atoms with Crippen LogP contribution in [-0.2, 0) is 0 Å². The van der Waals surface area contributed by atoms with Crippen molar-refractivity contribution in [1.82, 2.24) is 24.7 Å². The van der Waals surface area contributed by atoms with Crippen LogP contribution < -0.4 is 5.32 Å². The predicted molar refractivity (Wildman–Crippen MR) is 127 cm³/mol. The Morgan fingerprint density at radius 2 is 1.97 bits per heavy atom. The third kappa shape index (κ3) is 4.12. The number of nitrogens with one attached hydrogen (secondary N) is 1. The van der Waals surface area contributed by atoms with E-state index in [1.54, 1.807) is 0 Å². The predicted octanol–water partition coefficient (Wildman–Crippen LogP) is 4.54. The molecular formula is C24H35N5S. The average molecular weight is 426 g/mol. The topological polar surface area (TPSA) is 36.3 Å². The number of pyridine rings is 1. The van der Waals surface area contributed by atoms with Gasteiger partial charge in [-0.2, -0.15) is 0 Å². The van der Waals surface area contributed by atoms with Gasteiger partial charge in [-0.15, -0.1) is 0 Å². The van der Waals surface area contributed by atoms with Crippen LogP contribution in [0.5, 0.6) is 0 Å². The third-order valence-electron chi connectivity index (χ3n) is 6.73. The van der Waals surface area contributed by atoms with Crippen LogP contribution in [0.4, 0.5) is 0 Å². The smallest absolute Gasteiger partial charge is 0.170 e. The van der Waals surface area contributed by atoms with Gasteiger partial charge >= 0.3 is 0 Å². The first kappa shape index (κ1) is 21.3. The van der Waals surface area contributed by atoms with Gasteiger partial charge in [0.15, 0.2) is 5.11 Å². The van der Waals surface area contributed by atoms with Crippen molar-refractivity contribution in [1.29, 1.82) is 0 Å². The lowest BCUT2D eigenvalue weighted by molar-refractivity contribution is 0.291. The molecule has 2 aliphatic rings. The van der Waals surface area contributed by atoms with Gasteiger partial charge in [-0.1, -0.05) is 18.9 Å². The third-order valence-corrected chi connectivity index (χ3v) is 7.09. The van der Waals surface area contributed by atoms with Crippen LogP contribution in [0.1, 0.15) is 72.9 Å². The summed E-state index contributed by atoms with van der Waals surface area (Å²) in [5, 5.41) is 4.45. The van der Waals surface area contributed by atoms with Crippen molar-refractivity contribution in [3.63, 3.8) is 0 Å². The Balaban J connectivity index is 1.71. The Morgan fingerprint density at radius 3 is 2.63 bits per heavy atom. The number of hydrogen-bond donors (Lipinski definition) is 1. The van der Waals surface area contributed by atoms with E-state index in [0.717, 1.165) is 30.3 Å². The lowest BCUT2D eigenvalue weighted by Gasteiger charge is -2.29. The van der Waals surface area contributed by atoms with Gasteiger partial charge in [0.05, 0.1) is 17.8 Å². The van der Waals surface area contributed by atoms with Crippen molar-refractivity contribution in [2.24, 2.45) is 0 Å². The molecule has 2 aromatic rings. The van der Waals surface area contributed by atoms with Crippen LogP contribution in [-0.4, -0.2) is 51.6 Å². The molecule has 1 aliphatic heterocycles. The molecule has 0 aromatic carbocycles. The Bertz CT molecular complexity index is 869. The van der Waals surface area contributed by atoms with Crippen LogP contribution in [0.2, 0.25) is 0 Å². The van der Waals surface area contributed by atoms with Gasteiger partial charge in [0.25, 0.3) is 0 Å². The number of thiocarbonyl (C=S) groups is 1.